The van der Waals surface area contributed by atoms with Crippen molar-refractivity contribution in [1.29, 1.82) is 0 Å². The zero-order valence-corrected chi connectivity index (χ0v) is 22.9. The minimum Gasteiger partial charge on any atom is -0.494 e. The van der Waals surface area contributed by atoms with Crippen LogP contribution in [-0.2, 0) is 13.1 Å². The molecule has 40 heavy (non-hydrogen) atoms. The summed E-state index contributed by atoms with van der Waals surface area (Å²) in [5.74, 6) is 1.45. The van der Waals surface area contributed by atoms with Crippen molar-refractivity contribution in [2.75, 3.05) is 27.2 Å². The number of benzene rings is 2. The monoisotopic (exact) mass is 535 g/mol. The molecule has 2 aliphatic rings. The number of methoxy groups -OCH3 is 1. The second-order valence-corrected chi connectivity index (χ2v) is 11.3. The molecule has 2 aliphatic heterocycles. The zero-order valence-electron chi connectivity index (χ0n) is 22.9. The number of carboxylic acids is 1. The topological polar surface area (TPSA) is 85.4 Å². The highest BCUT2D eigenvalue weighted by Gasteiger charge is 2.32. The molecule has 3 aromatic heterocycles. The molecule has 0 radical (unpaired) electrons. The van der Waals surface area contributed by atoms with Crippen molar-refractivity contribution in [3.63, 3.8) is 0 Å². The molecule has 8 nitrogen and oxygen atoms in total. The molecule has 0 amide bonds. The Labute approximate surface area is 232 Å². The average molecular weight is 536 g/mol. The van der Waals surface area contributed by atoms with Gasteiger partial charge in [-0.05, 0) is 67.3 Å². The number of carbonyl (C=O) groups is 1. The van der Waals surface area contributed by atoms with Crippen LogP contribution < -0.4 is 4.74 Å². The summed E-state index contributed by atoms with van der Waals surface area (Å²) < 4.78 is 10.3. The first kappa shape index (κ1) is 24.8. The lowest BCUT2D eigenvalue weighted by molar-refractivity contribution is 0.0696. The molecule has 7 rings (SSSR count). The fraction of sp³-hybridized carbons (Fsp3) is 0.344. The number of aromatic nitrogens is 4. The highest BCUT2D eigenvalue weighted by Crippen LogP contribution is 2.38. The Morgan fingerprint density at radius 3 is 2.80 bits per heavy atom. The van der Waals surface area contributed by atoms with Crippen LogP contribution in [0.1, 0.15) is 46.7 Å². The number of rotatable bonds is 2. The lowest BCUT2D eigenvalue weighted by Crippen LogP contribution is -2.14. The highest BCUT2D eigenvalue weighted by atomic mass is 16.5. The van der Waals surface area contributed by atoms with Crippen molar-refractivity contribution in [2.24, 2.45) is 5.92 Å². The van der Waals surface area contributed by atoms with E-state index in [1.807, 2.05) is 12.3 Å². The van der Waals surface area contributed by atoms with Gasteiger partial charge in [0.25, 0.3) is 0 Å². The van der Waals surface area contributed by atoms with E-state index in [0.29, 0.717) is 29.6 Å². The molecule has 2 aromatic carbocycles. The Bertz CT molecular complexity index is 1750. The Morgan fingerprint density at radius 2 is 1.95 bits per heavy atom. The standard InChI is InChI=1S/C32H33N5O3/c1-35-18-23-8-3-4-12-36-27(15-22-10-6-11-33-30(22)36)31-34-26-14-24(32(38)39)16-28(40-2)29(26)37(31)17-20-7-5-9-21(13-20)25(23)19-35/h5-7,9-11,13-16,23,25H,3-4,8,12,17-19H2,1-2H3,(H,38,39)/t23-,25-/m0/s1. The molecule has 0 saturated carbocycles. The Morgan fingerprint density at radius 1 is 1.05 bits per heavy atom. The second-order valence-electron chi connectivity index (χ2n) is 11.3. The molecule has 0 spiro atoms. The molecule has 5 aromatic rings. The van der Waals surface area contributed by atoms with Crippen molar-refractivity contribution >= 4 is 28.0 Å². The van der Waals surface area contributed by atoms with E-state index in [-0.39, 0.29) is 5.56 Å². The largest absolute Gasteiger partial charge is 0.494 e. The molecule has 1 fully saturated rings. The van der Waals surface area contributed by atoms with Gasteiger partial charge in [0.15, 0.2) is 5.82 Å². The van der Waals surface area contributed by atoms with Gasteiger partial charge in [0.05, 0.1) is 23.9 Å². The van der Waals surface area contributed by atoms with Crippen LogP contribution in [-0.4, -0.2) is 62.3 Å². The maximum Gasteiger partial charge on any atom is 0.335 e. The number of likely N-dealkylation sites (tertiary alicyclic amines) is 1. The van der Waals surface area contributed by atoms with E-state index < -0.39 is 5.97 Å². The van der Waals surface area contributed by atoms with Crippen molar-refractivity contribution in [3.8, 4) is 17.3 Å². The van der Waals surface area contributed by atoms with Gasteiger partial charge in [-0.2, -0.15) is 0 Å². The number of imidazole rings is 1. The molecule has 8 heteroatoms. The molecular formula is C32H33N5O3. The van der Waals surface area contributed by atoms with E-state index in [1.54, 1.807) is 19.2 Å². The first-order valence-electron chi connectivity index (χ1n) is 14.0. The van der Waals surface area contributed by atoms with Crippen LogP contribution in [0.15, 0.2) is 60.8 Å². The van der Waals surface area contributed by atoms with Crippen LogP contribution in [0.4, 0.5) is 0 Å². The fourth-order valence-electron chi connectivity index (χ4n) is 6.90. The third-order valence-corrected chi connectivity index (χ3v) is 8.71. The molecule has 0 aliphatic carbocycles. The average Bonchev–Trinajstić information content (AvgIpc) is 3.63. The van der Waals surface area contributed by atoms with Crippen LogP contribution in [0.2, 0.25) is 0 Å². The maximum atomic E-state index is 11.9. The zero-order chi connectivity index (χ0) is 27.4. The number of aromatic carboxylic acids is 1. The Kier molecular flexibility index (Phi) is 6.08. The van der Waals surface area contributed by atoms with E-state index in [0.717, 1.165) is 60.5 Å². The fourth-order valence-corrected chi connectivity index (χ4v) is 6.90. The van der Waals surface area contributed by atoms with Crippen LogP contribution in [0.3, 0.4) is 0 Å². The summed E-state index contributed by atoms with van der Waals surface area (Å²) in [6.07, 6.45) is 5.24. The van der Waals surface area contributed by atoms with Crippen molar-refractivity contribution in [1.82, 2.24) is 24.0 Å². The maximum absolute atomic E-state index is 11.9. The Hall–Kier alpha value is -4.17. The molecule has 1 N–H and O–H groups in total. The van der Waals surface area contributed by atoms with Gasteiger partial charge in [-0.15, -0.1) is 0 Å². The summed E-state index contributed by atoms with van der Waals surface area (Å²) in [4.78, 5) is 24.2. The van der Waals surface area contributed by atoms with Gasteiger partial charge in [-0.1, -0.05) is 30.7 Å². The SMILES string of the molecule is COc1cc(C(=O)O)cc2nc3n(c12)Cc1cccc(c1)[C@@H]1CN(C)C[C@@H]1CCCCn1c-3cc2cccnc21. The van der Waals surface area contributed by atoms with Gasteiger partial charge in [0.1, 0.15) is 16.9 Å². The van der Waals surface area contributed by atoms with Gasteiger partial charge >= 0.3 is 5.97 Å². The normalized spacial score (nSPS) is 19.6. The minimum atomic E-state index is -1.00. The number of pyridine rings is 1. The van der Waals surface area contributed by atoms with Gasteiger partial charge in [-0.3, -0.25) is 0 Å². The molecule has 2 bridgehead atoms. The third kappa shape index (κ3) is 4.14. The van der Waals surface area contributed by atoms with Gasteiger partial charge < -0.3 is 23.9 Å². The highest BCUT2D eigenvalue weighted by molar-refractivity contribution is 5.96. The molecule has 2 atom stereocenters. The first-order chi connectivity index (χ1) is 19.5. The summed E-state index contributed by atoms with van der Waals surface area (Å²) in [6, 6.07) is 18.4. The van der Waals surface area contributed by atoms with Crippen molar-refractivity contribution < 1.29 is 14.6 Å². The van der Waals surface area contributed by atoms with E-state index in [9.17, 15) is 9.90 Å². The van der Waals surface area contributed by atoms with Gasteiger partial charge in [-0.25, -0.2) is 14.8 Å². The van der Waals surface area contributed by atoms with E-state index in [2.05, 4.69) is 57.5 Å². The predicted molar refractivity (Wildman–Crippen MR) is 155 cm³/mol. The number of fused-ring (bicyclic) bond motifs is 11. The number of hydrogen-bond acceptors (Lipinski definition) is 5. The predicted octanol–water partition coefficient (Wildman–Crippen LogP) is 5.64. The quantitative estimate of drug-likeness (QED) is 0.315. The van der Waals surface area contributed by atoms with Crippen LogP contribution >= 0.6 is 0 Å². The van der Waals surface area contributed by atoms with E-state index in [1.165, 1.54) is 17.5 Å². The van der Waals surface area contributed by atoms with Crippen LogP contribution in [0.5, 0.6) is 5.75 Å². The van der Waals surface area contributed by atoms with Gasteiger partial charge in [0, 0.05) is 43.7 Å². The Balaban J connectivity index is 1.49. The number of ether oxygens (including phenoxy) is 1. The van der Waals surface area contributed by atoms with Crippen molar-refractivity contribution in [3.05, 3.63) is 77.5 Å². The number of carboxylic acid groups (broad SMARTS) is 1. The molecular weight excluding hydrogens is 502 g/mol. The summed E-state index contributed by atoms with van der Waals surface area (Å²) in [6.45, 7) is 3.64. The number of nitrogens with zero attached hydrogens (tertiary/aromatic N) is 5. The smallest absolute Gasteiger partial charge is 0.335 e. The van der Waals surface area contributed by atoms with Crippen molar-refractivity contribution in [2.45, 2.75) is 38.3 Å². The third-order valence-electron chi connectivity index (χ3n) is 8.71. The number of likely N-dealkylation sites (N-methyl/N-ethyl adjacent to an activating group) is 1. The molecule has 5 heterocycles. The van der Waals surface area contributed by atoms with E-state index in [4.69, 9.17) is 14.7 Å². The minimum absolute atomic E-state index is 0.159. The summed E-state index contributed by atoms with van der Waals surface area (Å²) >= 11 is 0. The summed E-state index contributed by atoms with van der Waals surface area (Å²) in [7, 11) is 3.82. The van der Waals surface area contributed by atoms with Crippen LogP contribution in [0.25, 0.3) is 33.6 Å². The lowest BCUT2D eigenvalue weighted by Gasteiger charge is -2.21. The first-order valence-corrected chi connectivity index (χ1v) is 14.0. The molecule has 204 valence electrons. The van der Waals surface area contributed by atoms with Gasteiger partial charge in [0.2, 0.25) is 0 Å². The number of hydrogen-bond donors (Lipinski definition) is 1. The van der Waals surface area contributed by atoms with Crippen LogP contribution in [0, 0.1) is 5.92 Å². The second kappa shape index (κ2) is 9.78. The summed E-state index contributed by atoms with van der Waals surface area (Å²) in [5, 5.41) is 10.8. The lowest BCUT2D eigenvalue weighted by atomic mass is 9.85. The van der Waals surface area contributed by atoms with E-state index >= 15 is 0 Å². The molecule has 1 saturated heterocycles. The molecule has 0 unspecified atom stereocenters. The summed E-state index contributed by atoms with van der Waals surface area (Å²) in [5.41, 5.74) is 6.07. The number of aryl methyl sites for hydroxylation is 1.